The van der Waals surface area contributed by atoms with Gasteiger partial charge in [-0.15, -0.1) is 0 Å². The quantitative estimate of drug-likeness (QED) is 0.443. The smallest absolute Gasteiger partial charge is 0.152 e. The van der Waals surface area contributed by atoms with Crippen LogP contribution in [-0.2, 0) is 0 Å². The normalized spacial score (nSPS) is 20.1. The highest BCUT2D eigenvalue weighted by Crippen LogP contribution is 2.36. The van der Waals surface area contributed by atoms with Gasteiger partial charge in [0, 0.05) is 22.4 Å². The van der Waals surface area contributed by atoms with Crippen LogP contribution in [0.5, 0.6) is 5.75 Å². The van der Waals surface area contributed by atoms with Gasteiger partial charge in [-0.25, -0.2) is 9.97 Å². The number of hydrogen-bond donors (Lipinski definition) is 3. The van der Waals surface area contributed by atoms with Crippen molar-refractivity contribution in [1.82, 2.24) is 15.4 Å². The average molecular weight is 395 g/mol. The van der Waals surface area contributed by atoms with Crippen molar-refractivity contribution >= 4 is 34.7 Å². The summed E-state index contributed by atoms with van der Waals surface area (Å²) in [6.07, 6.45) is 8.21. The number of hydrazine groups is 1. The van der Waals surface area contributed by atoms with Crippen LogP contribution < -0.4 is 11.3 Å². The molecule has 1 aliphatic carbocycles. The van der Waals surface area contributed by atoms with Gasteiger partial charge in [-0.1, -0.05) is 42.7 Å². The molecule has 4 N–H and O–H groups in total. The third-order valence-electron chi connectivity index (χ3n) is 5.35. The number of fused-ring (bicyclic) bond motifs is 1. The van der Waals surface area contributed by atoms with Gasteiger partial charge < -0.3 is 5.11 Å². The lowest BCUT2D eigenvalue weighted by Gasteiger charge is -2.31. The van der Waals surface area contributed by atoms with Crippen LogP contribution in [0, 0.1) is 0 Å². The molecule has 28 heavy (non-hydrogen) atoms. The van der Waals surface area contributed by atoms with E-state index in [-0.39, 0.29) is 17.7 Å². The van der Waals surface area contributed by atoms with Gasteiger partial charge in [0.2, 0.25) is 0 Å². The molecule has 2 aromatic carbocycles. The van der Waals surface area contributed by atoms with Crippen molar-refractivity contribution in [3.8, 4) is 5.75 Å². The Balaban J connectivity index is 1.78. The topological polar surface area (TPSA) is 84.1 Å². The van der Waals surface area contributed by atoms with Gasteiger partial charge in [0.15, 0.2) is 5.82 Å². The molecular formula is C22H23ClN4O. The maximum absolute atomic E-state index is 10.00. The fraction of sp³-hybridized carbons (Fsp3) is 0.273. The first kappa shape index (κ1) is 18.9. The number of phenols is 1. The van der Waals surface area contributed by atoms with Crippen LogP contribution in [0.1, 0.15) is 48.7 Å². The van der Waals surface area contributed by atoms with Gasteiger partial charge in [-0.2, -0.15) is 0 Å². The fourth-order valence-electron chi connectivity index (χ4n) is 3.92. The number of aromatic nitrogens is 2. The standard InChI is InChI=1S/C22H23ClN4O/c23-15-8-5-14(6-9-15)7-12-21-25-19-11-10-16(28)13-18(19)22(26-21)17-3-1-2-4-20(17)27-24/h5-13,17,20,27-28H,1-4,24H2/b12-7-. The number of nitrogens with one attached hydrogen (secondary N) is 1. The molecule has 4 rings (SSSR count). The number of rotatable bonds is 4. The van der Waals surface area contributed by atoms with Crippen molar-refractivity contribution in [3.63, 3.8) is 0 Å². The summed E-state index contributed by atoms with van der Waals surface area (Å²) in [7, 11) is 0. The molecule has 3 aromatic rings. The number of aromatic hydroxyl groups is 1. The first-order valence-corrected chi connectivity index (χ1v) is 9.92. The minimum Gasteiger partial charge on any atom is -0.508 e. The molecule has 1 aliphatic rings. The van der Waals surface area contributed by atoms with E-state index >= 15 is 0 Å². The second-order valence-electron chi connectivity index (χ2n) is 7.22. The Morgan fingerprint density at radius 1 is 1.04 bits per heavy atom. The Bertz CT molecular complexity index is 1000. The number of phenolic OH excluding ortho intramolecular Hbond substituents is 1. The van der Waals surface area contributed by atoms with Gasteiger partial charge in [0.25, 0.3) is 0 Å². The summed E-state index contributed by atoms with van der Waals surface area (Å²) in [5, 5.41) is 11.6. The van der Waals surface area contributed by atoms with Gasteiger partial charge >= 0.3 is 0 Å². The van der Waals surface area contributed by atoms with E-state index in [4.69, 9.17) is 22.4 Å². The van der Waals surface area contributed by atoms with Crippen LogP contribution in [0.15, 0.2) is 42.5 Å². The van der Waals surface area contributed by atoms with Gasteiger partial charge in [-0.05, 0) is 54.8 Å². The van der Waals surface area contributed by atoms with E-state index in [0.29, 0.717) is 10.8 Å². The van der Waals surface area contributed by atoms with E-state index in [1.807, 2.05) is 42.5 Å². The molecule has 0 radical (unpaired) electrons. The first-order chi connectivity index (χ1) is 13.6. The molecule has 1 aromatic heterocycles. The molecule has 1 fully saturated rings. The van der Waals surface area contributed by atoms with Crippen molar-refractivity contribution in [1.29, 1.82) is 0 Å². The second-order valence-corrected chi connectivity index (χ2v) is 7.65. The van der Waals surface area contributed by atoms with E-state index in [2.05, 4.69) is 10.4 Å². The summed E-state index contributed by atoms with van der Waals surface area (Å²) in [6, 6.07) is 13.0. The molecule has 1 heterocycles. The van der Waals surface area contributed by atoms with Crippen LogP contribution >= 0.6 is 11.6 Å². The number of benzene rings is 2. The first-order valence-electron chi connectivity index (χ1n) is 9.54. The van der Waals surface area contributed by atoms with Crippen LogP contribution in [0.2, 0.25) is 5.02 Å². The molecule has 0 spiro atoms. The molecule has 1 saturated carbocycles. The zero-order valence-electron chi connectivity index (χ0n) is 15.5. The van der Waals surface area contributed by atoms with E-state index < -0.39 is 0 Å². The van der Waals surface area contributed by atoms with Crippen LogP contribution in [0.4, 0.5) is 0 Å². The van der Waals surface area contributed by atoms with Crippen molar-refractivity contribution in [3.05, 3.63) is 64.6 Å². The molecule has 5 nitrogen and oxygen atoms in total. The highest BCUT2D eigenvalue weighted by atomic mass is 35.5. The predicted molar refractivity (Wildman–Crippen MR) is 114 cm³/mol. The Morgan fingerprint density at radius 2 is 1.82 bits per heavy atom. The molecular weight excluding hydrogens is 372 g/mol. The number of nitrogens with zero attached hydrogens (tertiary/aromatic N) is 2. The second kappa shape index (κ2) is 8.27. The Hall–Kier alpha value is -2.47. The molecule has 0 bridgehead atoms. The summed E-state index contributed by atoms with van der Waals surface area (Å²) < 4.78 is 0. The highest BCUT2D eigenvalue weighted by molar-refractivity contribution is 6.30. The predicted octanol–water partition coefficient (Wildman–Crippen LogP) is 4.65. The minimum absolute atomic E-state index is 0.169. The lowest BCUT2D eigenvalue weighted by Crippen LogP contribution is -2.41. The largest absolute Gasteiger partial charge is 0.508 e. The molecule has 0 amide bonds. The SMILES string of the molecule is NNC1CCCCC1c1nc(/C=C\c2ccc(Cl)cc2)nc2ccc(O)cc12. The van der Waals surface area contributed by atoms with E-state index in [1.54, 1.807) is 12.1 Å². The molecule has 0 saturated heterocycles. The van der Waals surface area contributed by atoms with E-state index in [1.165, 1.54) is 0 Å². The highest BCUT2D eigenvalue weighted by Gasteiger charge is 2.28. The lowest BCUT2D eigenvalue weighted by atomic mass is 9.81. The molecule has 0 aliphatic heterocycles. The van der Waals surface area contributed by atoms with Gasteiger partial charge in [0.1, 0.15) is 5.75 Å². The van der Waals surface area contributed by atoms with Crippen LogP contribution in [0.3, 0.4) is 0 Å². The average Bonchev–Trinajstić information content (AvgIpc) is 2.73. The maximum atomic E-state index is 10.00. The number of nitrogens with two attached hydrogens (primary N) is 1. The summed E-state index contributed by atoms with van der Waals surface area (Å²) in [5.41, 5.74) is 5.75. The molecule has 2 atom stereocenters. The molecule has 144 valence electrons. The van der Waals surface area contributed by atoms with Crippen molar-refractivity contribution in [2.45, 2.75) is 37.6 Å². The van der Waals surface area contributed by atoms with Gasteiger partial charge in [-0.3, -0.25) is 11.3 Å². The Morgan fingerprint density at radius 3 is 2.61 bits per heavy atom. The van der Waals surface area contributed by atoms with E-state index in [9.17, 15) is 5.11 Å². The summed E-state index contributed by atoms with van der Waals surface area (Å²) >= 11 is 5.96. The van der Waals surface area contributed by atoms with Crippen molar-refractivity contribution in [2.75, 3.05) is 0 Å². The van der Waals surface area contributed by atoms with Gasteiger partial charge in [0.05, 0.1) is 11.2 Å². The Kier molecular flexibility index (Phi) is 5.57. The molecule has 6 heteroatoms. The third kappa shape index (κ3) is 4.02. The van der Waals surface area contributed by atoms with Crippen molar-refractivity contribution < 1.29 is 5.11 Å². The minimum atomic E-state index is 0.169. The summed E-state index contributed by atoms with van der Waals surface area (Å²) in [5.74, 6) is 6.87. The zero-order valence-corrected chi connectivity index (χ0v) is 16.2. The third-order valence-corrected chi connectivity index (χ3v) is 5.60. The number of hydrogen-bond acceptors (Lipinski definition) is 5. The summed E-state index contributed by atoms with van der Waals surface area (Å²) in [4.78, 5) is 9.53. The number of halogens is 1. The maximum Gasteiger partial charge on any atom is 0.152 e. The van der Waals surface area contributed by atoms with Crippen LogP contribution in [0.25, 0.3) is 23.1 Å². The summed E-state index contributed by atoms with van der Waals surface area (Å²) in [6.45, 7) is 0. The van der Waals surface area contributed by atoms with E-state index in [0.717, 1.165) is 47.8 Å². The van der Waals surface area contributed by atoms with Crippen molar-refractivity contribution in [2.24, 2.45) is 5.84 Å². The Labute approximate surface area is 169 Å². The lowest BCUT2D eigenvalue weighted by molar-refractivity contribution is 0.328. The van der Waals surface area contributed by atoms with Crippen LogP contribution in [-0.4, -0.2) is 21.1 Å². The fourth-order valence-corrected chi connectivity index (χ4v) is 4.04. The molecule has 2 unspecified atom stereocenters. The zero-order chi connectivity index (χ0) is 19.5. The monoisotopic (exact) mass is 394 g/mol.